The van der Waals surface area contributed by atoms with Gasteiger partial charge in [-0.05, 0) is 26.1 Å². The van der Waals surface area contributed by atoms with Crippen LogP contribution >= 0.6 is 0 Å². The van der Waals surface area contributed by atoms with Gasteiger partial charge < -0.3 is 4.90 Å². The van der Waals surface area contributed by atoms with Gasteiger partial charge in [0.05, 0.1) is 8.07 Å². The van der Waals surface area contributed by atoms with Crippen LogP contribution < -0.4 is 0 Å². The molecule has 0 aromatic rings. The van der Waals surface area contributed by atoms with Crippen LogP contribution in [0.4, 0.5) is 0 Å². The quantitative estimate of drug-likeness (QED) is 0.557. The monoisotopic (exact) mass is 227 g/mol. The average Bonchev–Trinajstić information content (AvgIpc) is 2.31. The second-order valence-electron chi connectivity index (χ2n) is 4.37. The van der Waals surface area contributed by atoms with Crippen molar-refractivity contribution in [1.82, 2.24) is 4.90 Å². The minimum atomic E-state index is -0.923. The highest BCUT2D eigenvalue weighted by molar-refractivity contribution is 6.80. The highest BCUT2D eigenvalue weighted by Crippen LogP contribution is 2.25. The maximum atomic E-state index is 2.43. The molecule has 0 rings (SSSR count). The molecule has 15 heavy (non-hydrogen) atoms. The van der Waals surface area contributed by atoms with Crippen LogP contribution in [0, 0.1) is 0 Å². The Bertz CT molecular complexity index is 161. The third kappa shape index (κ3) is 4.87. The number of rotatable bonds is 8. The largest absolute Gasteiger partial charge is 0.378 e. The number of hydrogen-bond donors (Lipinski definition) is 0. The summed E-state index contributed by atoms with van der Waals surface area (Å²) in [5, 5.41) is 0. The van der Waals surface area contributed by atoms with Gasteiger partial charge in [-0.1, -0.05) is 45.0 Å². The molecule has 90 valence electrons. The summed E-state index contributed by atoms with van der Waals surface area (Å²) in [7, 11) is -0.923. The van der Waals surface area contributed by atoms with Gasteiger partial charge in [-0.25, -0.2) is 0 Å². The molecule has 0 fully saturated rings. The molecule has 0 aliphatic heterocycles. The molecule has 0 saturated carbocycles. The zero-order chi connectivity index (χ0) is 11.7. The molecule has 0 heterocycles. The highest BCUT2D eigenvalue weighted by Gasteiger charge is 2.24. The first-order valence-corrected chi connectivity index (χ1v) is 9.41. The molecule has 0 atom stereocenters. The maximum absolute atomic E-state index is 2.43. The third-order valence-corrected chi connectivity index (χ3v) is 9.53. The van der Waals surface area contributed by atoms with Crippen molar-refractivity contribution in [3.8, 4) is 0 Å². The van der Waals surface area contributed by atoms with Gasteiger partial charge in [0.15, 0.2) is 0 Å². The molecular formula is C13H29NSi. The van der Waals surface area contributed by atoms with E-state index >= 15 is 0 Å². The van der Waals surface area contributed by atoms with Crippen LogP contribution in [0.15, 0.2) is 12.3 Å². The van der Waals surface area contributed by atoms with Crippen LogP contribution in [0.2, 0.25) is 24.2 Å². The Balaban J connectivity index is 4.19. The normalized spacial score (nSPS) is 12.3. The fourth-order valence-electron chi connectivity index (χ4n) is 2.07. The average molecular weight is 227 g/mol. The first kappa shape index (κ1) is 14.8. The second kappa shape index (κ2) is 7.97. The molecule has 0 amide bonds. The van der Waals surface area contributed by atoms with E-state index in [2.05, 4.69) is 51.8 Å². The summed E-state index contributed by atoms with van der Waals surface area (Å²) < 4.78 is 0. The van der Waals surface area contributed by atoms with E-state index in [1.54, 1.807) is 0 Å². The summed E-state index contributed by atoms with van der Waals surface area (Å²) in [5.41, 5.74) is 0. The molecule has 0 aliphatic carbocycles. The predicted molar refractivity (Wildman–Crippen MR) is 74.1 cm³/mol. The Kier molecular flexibility index (Phi) is 7.84. The Morgan fingerprint density at radius 3 is 1.67 bits per heavy atom. The fraction of sp³-hybridized carbons (Fsp3) is 0.846. The molecule has 2 heteroatoms. The Morgan fingerprint density at radius 2 is 1.33 bits per heavy atom. The smallest absolute Gasteiger partial charge is 0.0565 e. The van der Waals surface area contributed by atoms with Crippen LogP contribution in [0.3, 0.4) is 0 Å². The summed E-state index contributed by atoms with van der Waals surface area (Å²) in [6.45, 7) is 13.8. The third-order valence-electron chi connectivity index (χ3n) is 3.93. The zero-order valence-corrected chi connectivity index (χ0v) is 12.3. The number of hydrogen-bond acceptors (Lipinski definition) is 1. The summed E-state index contributed by atoms with van der Waals surface area (Å²) >= 11 is 0. The fourth-order valence-corrected chi connectivity index (χ4v) is 5.04. The molecule has 0 bridgehead atoms. The van der Waals surface area contributed by atoms with E-state index < -0.39 is 8.07 Å². The van der Waals surface area contributed by atoms with E-state index in [1.807, 2.05) is 0 Å². The Hall–Kier alpha value is -0.243. The predicted octanol–water partition coefficient (Wildman–Crippen LogP) is 4.35. The Labute approximate surface area is 97.6 Å². The lowest BCUT2D eigenvalue weighted by atomic mass is 10.5. The van der Waals surface area contributed by atoms with Crippen molar-refractivity contribution in [2.75, 3.05) is 13.1 Å². The lowest BCUT2D eigenvalue weighted by Crippen LogP contribution is -2.30. The van der Waals surface area contributed by atoms with Gasteiger partial charge in [-0.3, -0.25) is 0 Å². The van der Waals surface area contributed by atoms with Crippen molar-refractivity contribution in [1.29, 1.82) is 0 Å². The van der Waals surface area contributed by atoms with Gasteiger partial charge >= 0.3 is 0 Å². The van der Waals surface area contributed by atoms with Gasteiger partial charge in [0.1, 0.15) is 0 Å². The molecule has 0 unspecified atom stereocenters. The summed E-state index contributed by atoms with van der Waals surface area (Å²) in [6, 6.07) is 5.67. The van der Waals surface area contributed by atoms with E-state index in [4.69, 9.17) is 0 Å². The minimum absolute atomic E-state index is 0.923. The van der Waals surface area contributed by atoms with Crippen molar-refractivity contribution >= 4 is 8.07 Å². The Morgan fingerprint density at radius 1 is 0.867 bits per heavy atom. The van der Waals surface area contributed by atoms with E-state index in [9.17, 15) is 0 Å². The second-order valence-corrected chi connectivity index (χ2v) is 9.90. The molecule has 0 aromatic heterocycles. The van der Waals surface area contributed by atoms with Gasteiger partial charge in [0, 0.05) is 13.1 Å². The first-order chi connectivity index (χ1) is 7.17. The molecule has 1 nitrogen and oxygen atoms in total. The van der Waals surface area contributed by atoms with Crippen molar-refractivity contribution in [2.45, 2.75) is 58.8 Å². The van der Waals surface area contributed by atoms with Gasteiger partial charge in [0.2, 0.25) is 0 Å². The van der Waals surface area contributed by atoms with Gasteiger partial charge in [-0.2, -0.15) is 0 Å². The molecule has 0 saturated heterocycles. The molecule has 0 radical (unpaired) electrons. The van der Waals surface area contributed by atoms with Crippen molar-refractivity contribution in [3.63, 3.8) is 0 Å². The molecule has 0 spiro atoms. The number of nitrogens with zero attached hydrogens (tertiary/aromatic N) is 1. The van der Waals surface area contributed by atoms with Crippen LogP contribution in [-0.4, -0.2) is 26.1 Å². The SMILES string of the molecule is CCN(/C=C/C[Si](CC)(CC)CC)CC. The minimum Gasteiger partial charge on any atom is -0.378 e. The van der Waals surface area contributed by atoms with Crippen LogP contribution in [0.25, 0.3) is 0 Å². The van der Waals surface area contributed by atoms with Crippen LogP contribution in [-0.2, 0) is 0 Å². The summed E-state index contributed by atoms with van der Waals surface area (Å²) in [4.78, 5) is 2.38. The van der Waals surface area contributed by atoms with Crippen molar-refractivity contribution in [3.05, 3.63) is 12.3 Å². The molecular weight excluding hydrogens is 198 g/mol. The van der Waals surface area contributed by atoms with Crippen molar-refractivity contribution < 1.29 is 0 Å². The molecule has 0 aromatic carbocycles. The van der Waals surface area contributed by atoms with E-state index in [-0.39, 0.29) is 0 Å². The first-order valence-electron chi connectivity index (χ1n) is 6.58. The van der Waals surface area contributed by atoms with E-state index in [0.29, 0.717) is 0 Å². The molecule has 0 N–H and O–H groups in total. The summed E-state index contributed by atoms with van der Waals surface area (Å²) in [5.74, 6) is 0. The van der Waals surface area contributed by atoms with Crippen LogP contribution in [0.5, 0.6) is 0 Å². The topological polar surface area (TPSA) is 3.24 Å². The van der Waals surface area contributed by atoms with E-state index in [0.717, 1.165) is 13.1 Å². The number of allylic oxidation sites excluding steroid dienone is 1. The van der Waals surface area contributed by atoms with Crippen molar-refractivity contribution in [2.24, 2.45) is 0 Å². The van der Waals surface area contributed by atoms with Gasteiger partial charge in [-0.15, -0.1) is 0 Å². The zero-order valence-electron chi connectivity index (χ0n) is 11.3. The van der Waals surface area contributed by atoms with Gasteiger partial charge in [0.25, 0.3) is 0 Å². The van der Waals surface area contributed by atoms with E-state index in [1.165, 1.54) is 24.2 Å². The summed E-state index contributed by atoms with van der Waals surface area (Å²) in [6.07, 6.45) is 4.73. The molecule has 0 aliphatic rings. The standard InChI is InChI=1S/C13H29NSi/c1-6-14(7-2)12-11-13-15(8-3,9-4)10-5/h11-12H,6-10,13H2,1-5H3/b12-11+. The van der Waals surface area contributed by atoms with Crippen LogP contribution in [0.1, 0.15) is 34.6 Å². The highest BCUT2D eigenvalue weighted by atomic mass is 28.3. The lowest BCUT2D eigenvalue weighted by molar-refractivity contribution is 0.418. The lowest BCUT2D eigenvalue weighted by Gasteiger charge is -2.26. The maximum Gasteiger partial charge on any atom is 0.0565 e.